The first-order valence-corrected chi connectivity index (χ1v) is 6.78. The number of hydroxylamine groups is 2. The van der Waals surface area contributed by atoms with E-state index < -0.39 is 18.4 Å². The second-order valence-corrected chi connectivity index (χ2v) is 5.25. The maximum Gasteiger partial charge on any atom is 0.321 e. The summed E-state index contributed by atoms with van der Waals surface area (Å²) in [5.41, 5.74) is 1.02. The van der Waals surface area contributed by atoms with E-state index in [4.69, 9.17) is 9.94 Å². The molecule has 2 bridgehead atoms. The van der Waals surface area contributed by atoms with Gasteiger partial charge in [0.2, 0.25) is 0 Å². The topological polar surface area (TPSA) is 73.2 Å². The second kappa shape index (κ2) is 5.49. The Bertz CT molecular complexity index is 481. The molecular weight excluding hydrogens is 260 g/mol. The summed E-state index contributed by atoms with van der Waals surface area (Å²) in [6, 6.07) is 9.15. The van der Waals surface area contributed by atoms with Gasteiger partial charge in [0, 0.05) is 6.54 Å². The van der Waals surface area contributed by atoms with Crippen LogP contribution >= 0.6 is 0 Å². The number of carboxylic acid groups (broad SMARTS) is 1. The minimum atomic E-state index is -0.979. The van der Waals surface area contributed by atoms with Crippen LogP contribution in [0.2, 0.25) is 0 Å². The predicted molar refractivity (Wildman–Crippen MR) is 70.2 cm³/mol. The molecule has 2 saturated heterocycles. The Balaban J connectivity index is 1.65. The molecule has 2 aliphatic heterocycles. The summed E-state index contributed by atoms with van der Waals surface area (Å²) in [5.74, 6) is -0.882. The number of aliphatic carboxylic acids is 1. The zero-order valence-electron chi connectivity index (χ0n) is 11.1. The van der Waals surface area contributed by atoms with Crippen molar-refractivity contribution in [1.82, 2.24) is 9.96 Å². The molecule has 0 amide bonds. The molecule has 1 aromatic carbocycles. The van der Waals surface area contributed by atoms with Crippen LogP contribution in [0, 0.1) is 0 Å². The first-order chi connectivity index (χ1) is 9.66. The van der Waals surface area contributed by atoms with Crippen LogP contribution in [-0.2, 0) is 16.2 Å². The molecule has 108 valence electrons. The highest BCUT2D eigenvalue weighted by molar-refractivity contribution is 5.73. The number of rotatable bonds is 4. The van der Waals surface area contributed by atoms with Crippen molar-refractivity contribution in [2.75, 3.05) is 6.54 Å². The van der Waals surface area contributed by atoms with Crippen LogP contribution < -0.4 is 0 Å². The van der Waals surface area contributed by atoms with Crippen LogP contribution in [0.3, 0.4) is 0 Å². The van der Waals surface area contributed by atoms with Gasteiger partial charge in [-0.05, 0) is 18.4 Å². The van der Waals surface area contributed by atoms with E-state index in [-0.39, 0.29) is 6.04 Å². The van der Waals surface area contributed by atoms with E-state index in [0.29, 0.717) is 19.6 Å². The molecule has 1 aromatic rings. The summed E-state index contributed by atoms with van der Waals surface area (Å²) in [6.07, 6.45) is 0.286. The van der Waals surface area contributed by atoms with Crippen LogP contribution in [0.4, 0.5) is 0 Å². The lowest BCUT2D eigenvalue weighted by Crippen LogP contribution is -2.47. The van der Waals surface area contributed by atoms with Crippen molar-refractivity contribution in [2.45, 2.75) is 37.9 Å². The second-order valence-electron chi connectivity index (χ2n) is 5.25. The molecule has 20 heavy (non-hydrogen) atoms. The lowest BCUT2D eigenvalue weighted by atomic mass is 10.0. The molecule has 4 unspecified atom stereocenters. The summed E-state index contributed by atoms with van der Waals surface area (Å²) in [4.78, 5) is 18.4. The fourth-order valence-electron chi connectivity index (χ4n) is 2.94. The zero-order valence-corrected chi connectivity index (χ0v) is 11.1. The van der Waals surface area contributed by atoms with Crippen molar-refractivity contribution in [3.63, 3.8) is 0 Å². The molecule has 4 atom stereocenters. The van der Waals surface area contributed by atoms with Crippen LogP contribution in [0.1, 0.15) is 18.4 Å². The van der Waals surface area contributed by atoms with Crippen molar-refractivity contribution in [3.05, 3.63) is 35.9 Å². The van der Waals surface area contributed by atoms with Gasteiger partial charge in [-0.2, -0.15) is 0 Å². The summed E-state index contributed by atoms with van der Waals surface area (Å²) in [6.45, 7) is 0.910. The van der Waals surface area contributed by atoms with Gasteiger partial charge in [-0.15, -0.1) is 5.06 Å². The number of aliphatic hydroxyl groups excluding tert-OH is 1. The van der Waals surface area contributed by atoms with E-state index in [1.54, 1.807) is 4.90 Å². The predicted octanol–water partition coefficient (Wildman–Crippen LogP) is 0.627. The van der Waals surface area contributed by atoms with Gasteiger partial charge in [-0.3, -0.25) is 9.63 Å². The van der Waals surface area contributed by atoms with Crippen LogP contribution in [0.25, 0.3) is 0 Å². The number of hydrogen-bond acceptors (Lipinski definition) is 5. The minimum Gasteiger partial charge on any atom is -0.480 e. The number of benzene rings is 1. The maximum atomic E-state index is 11.2. The van der Waals surface area contributed by atoms with Crippen molar-refractivity contribution in [2.24, 2.45) is 0 Å². The molecule has 6 nitrogen and oxygen atoms in total. The van der Waals surface area contributed by atoms with Crippen LogP contribution in [0.5, 0.6) is 0 Å². The number of nitrogens with zero attached hydrogens (tertiary/aromatic N) is 2. The van der Waals surface area contributed by atoms with E-state index in [1.165, 1.54) is 5.06 Å². The SMILES string of the molecule is O=C(O)C1CCC2CN1C(O)N2OCc1ccccc1. The number of hydrogen-bond donors (Lipinski definition) is 2. The fraction of sp³-hybridized carbons (Fsp3) is 0.500. The average molecular weight is 278 g/mol. The summed E-state index contributed by atoms with van der Waals surface area (Å²) >= 11 is 0. The molecule has 3 rings (SSSR count). The van der Waals surface area contributed by atoms with E-state index >= 15 is 0 Å². The standard InChI is InChI=1S/C14H18N2O4/c17-13(18)12-7-6-11-8-15(12)14(19)16(11)20-9-10-4-2-1-3-5-10/h1-5,11-12,14,19H,6-9H2,(H,17,18). The van der Waals surface area contributed by atoms with Crippen LogP contribution in [-0.4, -0.2) is 51.1 Å². The molecule has 2 fully saturated rings. The molecule has 0 saturated carbocycles. The lowest BCUT2D eigenvalue weighted by molar-refractivity contribution is -0.265. The monoisotopic (exact) mass is 278 g/mol. The Morgan fingerprint density at radius 3 is 2.75 bits per heavy atom. The molecule has 2 N–H and O–H groups in total. The number of carbonyl (C=O) groups is 1. The third kappa shape index (κ3) is 2.43. The number of fused-ring (bicyclic) bond motifs is 2. The van der Waals surface area contributed by atoms with Gasteiger partial charge in [-0.25, -0.2) is 4.90 Å². The highest BCUT2D eigenvalue weighted by atomic mass is 16.7. The first kappa shape index (κ1) is 13.5. The Kier molecular flexibility index (Phi) is 3.71. The van der Waals surface area contributed by atoms with Gasteiger partial charge in [0.05, 0.1) is 12.6 Å². The molecule has 0 spiro atoms. The van der Waals surface area contributed by atoms with Gasteiger partial charge in [0.15, 0.2) is 6.35 Å². The summed E-state index contributed by atoms with van der Waals surface area (Å²) < 4.78 is 0. The first-order valence-electron chi connectivity index (χ1n) is 6.78. The molecule has 2 heterocycles. The van der Waals surface area contributed by atoms with E-state index in [1.807, 2.05) is 30.3 Å². The van der Waals surface area contributed by atoms with Crippen molar-refractivity contribution in [3.8, 4) is 0 Å². The smallest absolute Gasteiger partial charge is 0.321 e. The number of carboxylic acids is 1. The minimum absolute atomic E-state index is 0.0595. The molecule has 0 aliphatic carbocycles. The van der Waals surface area contributed by atoms with Crippen molar-refractivity contribution >= 4 is 5.97 Å². The largest absolute Gasteiger partial charge is 0.480 e. The summed E-state index contributed by atoms with van der Waals surface area (Å²) in [7, 11) is 0. The Labute approximate surface area is 117 Å². The van der Waals surface area contributed by atoms with Gasteiger partial charge >= 0.3 is 5.97 Å². The zero-order chi connectivity index (χ0) is 14.1. The summed E-state index contributed by atoms with van der Waals surface area (Å²) in [5, 5.41) is 20.9. The molecule has 2 aliphatic rings. The van der Waals surface area contributed by atoms with E-state index in [0.717, 1.165) is 12.0 Å². The van der Waals surface area contributed by atoms with Gasteiger partial charge in [0.25, 0.3) is 0 Å². The van der Waals surface area contributed by atoms with Crippen molar-refractivity contribution < 1.29 is 19.8 Å². The third-order valence-corrected chi connectivity index (χ3v) is 3.99. The van der Waals surface area contributed by atoms with Gasteiger partial charge in [0.1, 0.15) is 6.04 Å². The quantitative estimate of drug-likeness (QED) is 0.841. The van der Waals surface area contributed by atoms with E-state index in [9.17, 15) is 9.90 Å². The third-order valence-electron chi connectivity index (χ3n) is 3.99. The highest BCUT2D eigenvalue weighted by Crippen LogP contribution is 2.32. The number of piperidine rings is 1. The average Bonchev–Trinajstić information content (AvgIpc) is 2.70. The fourth-order valence-corrected chi connectivity index (χ4v) is 2.94. The Hall–Kier alpha value is -1.47. The Morgan fingerprint density at radius 2 is 2.05 bits per heavy atom. The normalized spacial score (nSPS) is 33.2. The lowest BCUT2D eigenvalue weighted by Gasteiger charge is -2.28. The van der Waals surface area contributed by atoms with Gasteiger partial charge < -0.3 is 10.2 Å². The highest BCUT2D eigenvalue weighted by Gasteiger charge is 2.48. The van der Waals surface area contributed by atoms with E-state index in [2.05, 4.69) is 0 Å². The molecule has 6 heteroatoms. The molecular formula is C14H18N2O4. The van der Waals surface area contributed by atoms with Crippen LogP contribution in [0.15, 0.2) is 30.3 Å². The Morgan fingerprint density at radius 1 is 1.30 bits per heavy atom. The van der Waals surface area contributed by atoms with Crippen molar-refractivity contribution in [1.29, 1.82) is 0 Å². The van der Waals surface area contributed by atoms with Gasteiger partial charge in [-0.1, -0.05) is 30.3 Å². The number of aliphatic hydroxyl groups is 1. The molecule has 0 aromatic heterocycles. The molecule has 0 radical (unpaired) electrons. The maximum absolute atomic E-state index is 11.2.